The first kappa shape index (κ1) is 22.5. The van der Waals surface area contributed by atoms with Crippen LogP contribution >= 0.6 is 0 Å². The fourth-order valence-electron chi connectivity index (χ4n) is 4.26. The van der Waals surface area contributed by atoms with Gasteiger partial charge in [-0.2, -0.15) is 13.2 Å². The van der Waals surface area contributed by atoms with E-state index in [0.29, 0.717) is 11.1 Å². The molecular weight excluding hydrogens is 463 g/mol. The number of rotatable bonds is 2. The number of anilines is 1. The molecule has 3 aromatic rings. The molecule has 0 aliphatic carbocycles. The van der Waals surface area contributed by atoms with Gasteiger partial charge in [0.15, 0.2) is 0 Å². The van der Waals surface area contributed by atoms with E-state index in [4.69, 9.17) is 0 Å². The highest BCUT2D eigenvalue weighted by Crippen LogP contribution is 2.34. The molecule has 35 heavy (non-hydrogen) atoms. The number of piperazine rings is 1. The molecule has 0 unspecified atom stereocenters. The first-order valence-corrected chi connectivity index (χ1v) is 10.7. The summed E-state index contributed by atoms with van der Waals surface area (Å²) in [5, 5.41) is 2.72. The highest BCUT2D eigenvalue weighted by Gasteiger charge is 2.41. The van der Waals surface area contributed by atoms with Crippen LogP contribution in [0.25, 0.3) is 11.1 Å². The number of nitrogens with zero attached hydrogens (tertiary/aromatic N) is 4. The van der Waals surface area contributed by atoms with Crippen LogP contribution in [0.5, 0.6) is 0 Å². The van der Waals surface area contributed by atoms with Crippen molar-refractivity contribution in [2.24, 2.45) is 0 Å². The third-order valence-electron chi connectivity index (χ3n) is 6.04. The predicted octanol–water partition coefficient (Wildman–Crippen LogP) is 3.08. The van der Waals surface area contributed by atoms with Gasteiger partial charge >= 0.3 is 6.18 Å². The van der Waals surface area contributed by atoms with Crippen molar-refractivity contribution in [3.63, 3.8) is 0 Å². The van der Waals surface area contributed by atoms with Gasteiger partial charge in [-0.15, -0.1) is 0 Å². The molecule has 0 radical (unpaired) electrons. The van der Waals surface area contributed by atoms with Crippen molar-refractivity contribution in [3.8, 4) is 11.1 Å². The number of carbonyl (C=O) groups excluding carboxylic acids is 3. The van der Waals surface area contributed by atoms with Crippen LogP contribution in [0, 0.1) is 0 Å². The average Bonchev–Trinajstić information content (AvgIpc) is 2.97. The molecule has 0 saturated carbocycles. The first-order chi connectivity index (χ1) is 16.7. The summed E-state index contributed by atoms with van der Waals surface area (Å²) in [5.74, 6) is -1.30. The molecule has 0 bridgehead atoms. The number of hydrogen-bond donors (Lipinski definition) is 1. The van der Waals surface area contributed by atoms with E-state index in [2.05, 4.69) is 15.3 Å². The molecule has 0 spiro atoms. The summed E-state index contributed by atoms with van der Waals surface area (Å²) in [4.78, 5) is 49.9. The molecule has 1 atom stereocenters. The van der Waals surface area contributed by atoms with Crippen LogP contribution in [-0.4, -0.2) is 63.2 Å². The Kier molecular flexibility index (Phi) is 5.46. The van der Waals surface area contributed by atoms with Crippen molar-refractivity contribution in [3.05, 3.63) is 77.9 Å². The summed E-state index contributed by atoms with van der Waals surface area (Å²) in [7, 11) is 0. The molecule has 1 fully saturated rings. The second kappa shape index (κ2) is 8.49. The zero-order valence-corrected chi connectivity index (χ0v) is 18.1. The zero-order chi connectivity index (χ0) is 24.7. The minimum Gasteiger partial charge on any atom is -0.333 e. The van der Waals surface area contributed by atoms with Gasteiger partial charge in [-0.25, -0.2) is 4.98 Å². The summed E-state index contributed by atoms with van der Waals surface area (Å²) in [6.45, 7) is 0.269. The molecule has 5 rings (SSSR count). The zero-order valence-electron chi connectivity index (χ0n) is 18.1. The van der Waals surface area contributed by atoms with E-state index in [1.54, 1.807) is 6.07 Å². The quantitative estimate of drug-likeness (QED) is 0.607. The van der Waals surface area contributed by atoms with Gasteiger partial charge in [-0.1, -0.05) is 18.2 Å². The number of hydrogen-bond acceptors (Lipinski definition) is 5. The number of benzene rings is 2. The normalized spacial score (nSPS) is 17.9. The predicted molar refractivity (Wildman–Crippen MR) is 118 cm³/mol. The molecule has 1 aromatic heterocycles. The maximum Gasteiger partial charge on any atom is 0.416 e. The highest BCUT2D eigenvalue weighted by atomic mass is 19.4. The summed E-state index contributed by atoms with van der Waals surface area (Å²) in [5.41, 5.74) is 0.472. The number of halogens is 3. The first-order valence-electron chi connectivity index (χ1n) is 10.7. The smallest absolute Gasteiger partial charge is 0.333 e. The topological polar surface area (TPSA) is 95.5 Å². The maximum absolute atomic E-state index is 13.4. The van der Waals surface area contributed by atoms with Crippen molar-refractivity contribution in [1.82, 2.24) is 19.8 Å². The van der Waals surface area contributed by atoms with Gasteiger partial charge in [-0.3, -0.25) is 19.4 Å². The van der Waals surface area contributed by atoms with Crippen molar-refractivity contribution >= 4 is 23.4 Å². The van der Waals surface area contributed by atoms with Gasteiger partial charge in [0.2, 0.25) is 5.91 Å². The van der Waals surface area contributed by atoms with Gasteiger partial charge in [0, 0.05) is 25.5 Å². The van der Waals surface area contributed by atoms with Crippen LogP contribution in [0.4, 0.5) is 18.9 Å². The lowest BCUT2D eigenvalue weighted by Crippen LogP contribution is -2.59. The number of carbonyl (C=O) groups is 3. The Labute approximate surface area is 197 Å². The number of aromatic nitrogens is 2. The van der Waals surface area contributed by atoms with Crippen LogP contribution < -0.4 is 5.32 Å². The Morgan fingerprint density at radius 2 is 1.83 bits per heavy atom. The lowest BCUT2D eigenvalue weighted by atomic mass is 9.99. The Morgan fingerprint density at radius 3 is 2.57 bits per heavy atom. The molecule has 1 saturated heterocycles. The van der Waals surface area contributed by atoms with Gasteiger partial charge in [0.05, 0.1) is 29.6 Å². The van der Waals surface area contributed by atoms with E-state index in [-0.39, 0.29) is 36.6 Å². The molecule has 3 amide bonds. The molecule has 2 aliphatic heterocycles. The van der Waals surface area contributed by atoms with Crippen LogP contribution in [0.3, 0.4) is 0 Å². The minimum absolute atomic E-state index is 0.0263. The maximum atomic E-state index is 13.4. The number of alkyl halides is 3. The molecule has 178 valence electrons. The van der Waals surface area contributed by atoms with E-state index in [0.717, 1.165) is 12.1 Å². The van der Waals surface area contributed by atoms with E-state index >= 15 is 0 Å². The molecule has 2 aromatic carbocycles. The Morgan fingerprint density at radius 1 is 1.03 bits per heavy atom. The Balaban J connectivity index is 1.43. The minimum atomic E-state index is -4.50. The monoisotopic (exact) mass is 481 g/mol. The molecule has 1 N–H and O–H groups in total. The van der Waals surface area contributed by atoms with Crippen LogP contribution in [0.1, 0.15) is 26.4 Å². The van der Waals surface area contributed by atoms with Crippen LogP contribution in [-0.2, 0) is 11.0 Å². The largest absolute Gasteiger partial charge is 0.416 e. The number of amides is 3. The van der Waals surface area contributed by atoms with Crippen LogP contribution in [0.2, 0.25) is 0 Å². The molecule has 11 heteroatoms. The van der Waals surface area contributed by atoms with Crippen molar-refractivity contribution in [1.29, 1.82) is 0 Å². The molecule has 2 aliphatic rings. The van der Waals surface area contributed by atoms with Crippen molar-refractivity contribution in [2.75, 3.05) is 25.0 Å². The van der Waals surface area contributed by atoms with Gasteiger partial charge < -0.3 is 15.1 Å². The average molecular weight is 481 g/mol. The van der Waals surface area contributed by atoms with Crippen molar-refractivity contribution in [2.45, 2.75) is 12.2 Å². The third kappa shape index (κ3) is 4.20. The second-order valence-corrected chi connectivity index (χ2v) is 8.18. The van der Waals surface area contributed by atoms with Crippen LogP contribution in [0.15, 0.2) is 61.1 Å². The SMILES string of the molecule is O=C1Nc2ccc(-c3cccc(C(F)(F)F)c3)cc2C(=O)N2CCN(C(=O)c3cnccn3)C[C@@H]12. The fraction of sp³-hybridized carbons (Fsp3) is 0.208. The lowest BCUT2D eigenvalue weighted by molar-refractivity contribution is -0.137. The van der Waals surface area contributed by atoms with E-state index in [9.17, 15) is 27.6 Å². The van der Waals surface area contributed by atoms with E-state index in [1.807, 2.05) is 0 Å². The highest BCUT2D eigenvalue weighted by molar-refractivity contribution is 6.11. The summed E-state index contributed by atoms with van der Waals surface area (Å²) < 4.78 is 39.5. The Hall–Kier alpha value is -4.28. The molecule has 8 nitrogen and oxygen atoms in total. The van der Waals surface area contributed by atoms with Gasteiger partial charge in [0.25, 0.3) is 11.8 Å². The van der Waals surface area contributed by atoms with Gasteiger partial charge in [0.1, 0.15) is 11.7 Å². The van der Waals surface area contributed by atoms with E-state index < -0.39 is 35.5 Å². The van der Waals surface area contributed by atoms with Crippen molar-refractivity contribution < 1.29 is 27.6 Å². The molecule has 3 heterocycles. The summed E-state index contributed by atoms with van der Waals surface area (Å²) in [6, 6.07) is 8.42. The summed E-state index contributed by atoms with van der Waals surface area (Å²) >= 11 is 0. The van der Waals surface area contributed by atoms with E-state index in [1.165, 1.54) is 52.7 Å². The number of fused-ring (bicyclic) bond motifs is 2. The fourth-order valence-corrected chi connectivity index (χ4v) is 4.26. The number of nitrogens with one attached hydrogen (secondary N) is 1. The third-order valence-corrected chi connectivity index (χ3v) is 6.04. The Bertz CT molecular complexity index is 1330. The second-order valence-electron chi connectivity index (χ2n) is 8.18. The standard InChI is InChI=1S/C24H18F3N5O3/c25-24(26,27)16-3-1-2-14(10-16)15-4-5-18-17(11-15)22(34)32-9-8-31(13-20(32)21(33)30-18)23(35)19-12-28-6-7-29-19/h1-7,10-12,20H,8-9,13H2,(H,30,33)/t20-/m0/s1. The lowest BCUT2D eigenvalue weighted by Gasteiger charge is -2.39. The molecular formula is C24H18F3N5O3. The van der Waals surface area contributed by atoms with Gasteiger partial charge in [-0.05, 0) is 35.4 Å². The summed E-state index contributed by atoms with van der Waals surface area (Å²) in [6.07, 6.45) is -0.333.